The lowest BCUT2D eigenvalue weighted by molar-refractivity contribution is 0.0950. The van der Waals surface area contributed by atoms with Crippen molar-refractivity contribution in [3.05, 3.63) is 58.1 Å². The Hall–Kier alpha value is -2.34. The topological polar surface area (TPSA) is 61.4 Å². The second-order valence-electron chi connectivity index (χ2n) is 6.34. The number of carbonyl (C=O) groups excluding carboxylic acids is 2. The molecule has 0 bridgehead atoms. The van der Waals surface area contributed by atoms with Crippen LogP contribution in [0, 0.1) is 0 Å². The van der Waals surface area contributed by atoms with Gasteiger partial charge in [-0.3, -0.25) is 9.59 Å². The average Bonchev–Trinajstić information content (AvgIpc) is 3.39. The molecule has 5 nitrogen and oxygen atoms in total. The maximum absolute atomic E-state index is 12.5. The number of hydrogen-bond donors (Lipinski definition) is 2. The molecular weight excluding hydrogens is 382 g/mol. The second kappa shape index (κ2) is 7.27. The second-order valence-corrected chi connectivity index (χ2v) is 7.25. The number of amides is 2. The van der Waals surface area contributed by atoms with Crippen LogP contribution in [0.4, 0.5) is 11.4 Å². The van der Waals surface area contributed by atoms with E-state index in [0.29, 0.717) is 16.8 Å². The molecule has 2 aromatic carbocycles. The Kier molecular flexibility index (Phi) is 5.08. The molecule has 0 atom stereocenters. The molecule has 2 amide bonds. The molecule has 0 aliphatic heterocycles. The maximum Gasteiger partial charge on any atom is 0.255 e. The van der Waals surface area contributed by atoms with Gasteiger partial charge in [-0.2, -0.15) is 0 Å². The lowest BCUT2D eigenvalue weighted by atomic mass is 10.1. The van der Waals surface area contributed by atoms with Gasteiger partial charge in [-0.05, 0) is 55.3 Å². The van der Waals surface area contributed by atoms with E-state index in [0.717, 1.165) is 23.0 Å². The third-order valence-corrected chi connectivity index (χ3v) is 4.53. The Labute approximate surface area is 155 Å². The van der Waals surface area contributed by atoms with Crippen molar-refractivity contribution in [3.8, 4) is 0 Å². The normalized spacial score (nSPS) is 13.2. The van der Waals surface area contributed by atoms with Gasteiger partial charge in [0.2, 0.25) is 0 Å². The zero-order chi connectivity index (χ0) is 18.0. The molecule has 2 N–H and O–H groups in total. The summed E-state index contributed by atoms with van der Waals surface area (Å²) in [4.78, 5) is 26.8. The van der Waals surface area contributed by atoms with Crippen LogP contribution in [0.25, 0.3) is 0 Å². The van der Waals surface area contributed by atoms with E-state index in [1.807, 2.05) is 37.2 Å². The van der Waals surface area contributed by atoms with Gasteiger partial charge in [-0.15, -0.1) is 0 Å². The Morgan fingerprint density at radius 2 is 1.72 bits per heavy atom. The van der Waals surface area contributed by atoms with Crippen molar-refractivity contribution in [2.45, 2.75) is 18.9 Å². The van der Waals surface area contributed by atoms with Gasteiger partial charge in [-0.1, -0.05) is 15.9 Å². The fourth-order valence-electron chi connectivity index (χ4n) is 2.48. The van der Waals surface area contributed by atoms with E-state index in [1.54, 1.807) is 24.3 Å². The standard InChI is InChI=1S/C19H20BrN3O2/c1-23(2)17-10-9-15(11-16(17)19(25)21-14-7-8-14)22-18(24)12-3-5-13(20)6-4-12/h3-6,9-11,14H,7-8H2,1-2H3,(H,21,25)(H,22,24). The average molecular weight is 402 g/mol. The molecule has 0 unspecified atom stereocenters. The molecule has 1 saturated carbocycles. The lowest BCUT2D eigenvalue weighted by Crippen LogP contribution is -2.27. The summed E-state index contributed by atoms with van der Waals surface area (Å²) in [5, 5.41) is 5.86. The van der Waals surface area contributed by atoms with Crippen molar-refractivity contribution in [1.29, 1.82) is 0 Å². The highest BCUT2D eigenvalue weighted by molar-refractivity contribution is 9.10. The van der Waals surface area contributed by atoms with Gasteiger partial charge >= 0.3 is 0 Å². The first kappa shape index (κ1) is 17.5. The van der Waals surface area contributed by atoms with Crippen LogP contribution in [0.1, 0.15) is 33.6 Å². The van der Waals surface area contributed by atoms with Gasteiger partial charge in [0.25, 0.3) is 11.8 Å². The highest BCUT2D eigenvalue weighted by Gasteiger charge is 2.25. The number of halogens is 1. The van der Waals surface area contributed by atoms with Gasteiger partial charge in [0.15, 0.2) is 0 Å². The first-order valence-corrected chi connectivity index (χ1v) is 8.92. The Balaban J connectivity index is 1.82. The van der Waals surface area contributed by atoms with Crippen LogP contribution in [0.2, 0.25) is 0 Å². The summed E-state index contributed by atoms with van der Waals surface area (Å²) >= 11 is 3.35. The predicted molar refractivity (Wildman–Crippen MR) is 103 cm³/mol. The van der Waals surface area contributed by atoms with Crippen molar-refractivity contribution < 1.29 is 9.59 Å². The highest BCUT2D eigenvalue weighted by Crippen LogP contribution is 2.26. The largest absolute Gasteiger partial charge is 0.377 e. The molecule has 130 valence electrons. The van der Waals surface area contributed by atoms with Crippen LogP contribution in [-0.4, -0.2) is 32.0 Å². The van der Waals surface area contributed by atoms with E-state index in [2.05, 4.69) is 26.6 Å². The van der Waals surface area contributed by atoms with Crippen molar-refractivity contribution >= 4 is 39.1 Å². The number of hydrogen-bond acceptors (Lipinski definition) is 3. The minimum atomic E-state index is -0.210. The molecule has 6 heteroatoms. The van der Waals surface area contributed by atoms with Crippen molar-refractivity contribution in [2.75, 3.05) is 24.3 Å². The molecule has 1 aliphatic rings. The van der Waals surface area contributed by atoms with Crippen molar-refractivity contribution in [2.24, 2.45) is 0 Å². The Morgan fingerprint density at radius 3 is 2.32 bits per heavy atom. The molecule has 0 heterocycles. The van der Waals surface area contributed by atoms with Crippen LogP contribution in [0.15, 0.2) is 46.9 Å². The number of rotatable bonds is 5. The van der Waals surface area contributed by atoms with E-state index in [1.165, 1.54) is 0 Å². The van der Waals surface area contributed by atoms with Gasteiger partial charge < -0.3 is 15.5 Å². The summed E-state index contributed by atoms with van der Waals surface area (Å²) < 4.78 is 0.915. The molecule has 0 aromatic heterocycles. The summed E-state index contributed by atoms with van der Waals surface area (Å²) in [6.45, 7) is 0. The Bertz CT molecular complexity index is 799. The van der Waals surface area contributed by atoms with Crippen molar-refractivity contribution in [3.63, 3.8) is 0 Å². The molecular formula is C19H20BrN3O2. The number of nitrogens with one attached hydrogen (secondary N) is 2. The van der Waals surface area contributed by atoms with E-state index in [9.17, 15) is 9.59 Å². The summed E-state index contributed by atoms with van der Waals surface area (Å²) in [6, 6.07) is 12.8. The monoisotopic (exact) mass is 401 g/mol. The SMILES string of the molecule is CN(C)c1ccc(NC(=O)c2ccc(Br)cc2)cc1C(=O)NC1CC1. The van der Waals surface area contributed by atoms with Crippen molar-refractivity contribution in [1.82, 2.24) is 5.32 Å². The maximum atomic E-state index is 12.5. The smallest absolute Gasteiger partial charge is 0.255 e. The molecule has 2 aromatic rings. The summed E-state index contributed by atoms with van der Waals surface area (Å²) in [7, 11) is 3.78. The van der Waals surface area contributed by atoms with Crippen LogP contribution in [0.3, 0.4) is 0 Å². The number of anilines is 2. The zero-order valence-electron chi connectivity index (χ0n) is 14.2. The molecule has 0 saturated heterocycles. The molecule has 0 spiro atoms. The van der Waals surface area contributed by atoms with Crippen LogP contribution in [0.5, 0.6) is 0 Å². The zero-order valence-corrected chi connectivity index (χ0v) is 15.8. The third-order valence-electron chi connectivity index (χ3n) is 4.00. The fourth-order valence-corrected chi connectivity index (χ4v) is 2.75. The molecule has 1 fully saturated rings. The van der Waals surface area contributed by atoms with Gasteiger partial charge in [0, 0.05) is 41.5 Å². The minimum Gasteiger partial charge on any atom is -0.377 e. The third kappa shape index (κ3) is 4.39. The first-order valence-electron chi connectivity index (χ1n) is 8.13. The van der Waals surface area contributed by atoms with E-state index in [4.69, 9.17) is 0 Å². The molecule has 0 radical (unpaired) electrons. The summed E-state index contributed by atoms with van der Waals surface area (Å²) in [6.07, 6.45) is 2.06. The molecule has 3 rings (SSSR count). The Morgan fingerprint density at radius 1 is 1.04 bits per heavy atom. The highest BCUT2D eigenvalue weighted by atomic mass is 79.9. The van der Waals surface area contributed by atoms with Gasteiger partial charge in [0.1, 0.15) is 0 Å². The number of carbonyl (C=O) groups is 2. The quantitative estimate of drug-likeness (QED) is 0.803. The predicted octanol–water partition coefficient (Wildman–Crippen LogP) is 3.66. The van der Waals surface area contributed by atoms with Gasteiger partial charge in [0.05, 0.1) is 5.56 Å². The van der Waals surface area contributed by atoms with E-state index in [-0.39, 0.29) is 17.9 Å². The fraction of sp³-hybridized carbons (Fsp3) is 0.263. The van der Waals surface area contributed by atoms with Crippen LogP contribution in [-0.2, 0) is 0 Å². The first-order chi connectivity index (χ1) is 11.9. The van der Waals surface area contributed by atoms with E-state index >= 15 is 0 Å². The van der Waals surface area contributed by atoms with Gasteiger partial charge in [-0.25, -0.2) is 0 Å². The minimum absolute atomic E-state index is 0.106. The van der Waals surface area contributed by atoms with Crippen LogP contribution < -0.4 is 15.5 Å². The number of benzene rings is 2. The molecule has 25 heavy (non-hydrogen) atoms. The summed E-state index contributed by atoms with van der Waals surface area (Å²) in [5.74, 6) is -0.315. The van der Waals surface area contributed by atoms with Crippen LogP contribution >= 0.6 is 15.9 Å². The summed E-state index contributed by atoms with van der Waals surface area (Å²) in [5.41, 5.74) is 2.54. The molecule has 1 aliphatic carbocycles. The van der Waals surface area contributed by atoms with E-state index < -0.39 is 0 Å². The number of nitrogens with zero attached hydrogens (tertiary/aromatic N) is 1. The lowest BCUT2D eigenvalue weighted by Gasteiger charge is -2.18.